The molecule has 1 N–H and O–H groups in total. The van der Waals surface area contributed by atoms with E-state index in [0.717, 1.165) is 33.8 Å². The van der Waals surface area contributed by atoms with Crippen molar-refractivity contribution >= 4 is 63.3 Å². The van der Waals surface area contributed by atoms with Gasteiger partial charge in [-0.05, 0) is 79.1 Å². The van der Waals surface area contributed by atoms with Crippen molar-refractivity contribution in [3.63, 3.8) is 0 Å². The first-order valence-corrected chi connectivity index (χ1v) is 12.6. The Hall–Kier alpha value is -3.62. The molecule has 184 valence electrons. The lowest BCUT2D eigenvalue weighted by Crippen LogP contribution is -2.27. The number of nitrogens with zero attached hydrogens (tertiary/aromatic N) is 2. The van der Waals surface area contributed by atoms with Crippen molar-refractivity contribution in [2.24, 2.45) is 0 Å². The van der Waals surface area contributed by atoms with Crippen molar-refractivity contribution in [1.29, 1.82) is 0 Å². The molecule has 8 heteroatoms. The van der Waals surface area contributed by atoms with Crippen LogP contribution in [0, 0.1) is 13.8 Å². The van der Waals surface area contributed by atoms with Crippen LogP contribution in [0.2, 0.25) is 0 Å². The Kier molecular flexibility index (Phi) is 7.76. The van der Waals surface area contributed by atoms with E-state index < -0.39 is 0 Å². The molecule has 0 unspecified atom stereocenters. The maximum atomic E-state index is 13.1. The van der Waals surface area contributed by atoms with Gasteiger partial charge in [-0.3, -0.25) is 14.5 Å². The van der Waals surface area contributed by atoms with Crippen LogP contribution in [0.25, 0.3) is 6.08 Å². The molecule has 0 saturated carbocycles. The summed E-state index contributed by atoms with van der Waals surface area (Å²) in [6, 6.07) is 20.9. The number of carbonyl (C=O) groups is 2. The summed E-state index contributed by atoms with van der Waals surface area (Å²) < 4.78 is 6.20. The fourth-order valence-electron chi connectivity index (χ4n) is 3.64. The monoisotopic (exact) mass is 517 g/mol. The molecule has 0 radical (unpaired) electrons. The number of hydrogen-bond acceptors (Lipinski definition) is 6. The summed E-state index contributed by atoms with van der Waals surface area (Å²) in [6.45, 7) is 3.80. The lowest BCUT2D eigenvalue weighted by Gasteiger charge is -2.17. The first-order valence-electron chi connectivity index (χ1n) is 11.4. The highest BCUT2D eigenvalue weighted by Gasteiger charge is 2.33. The van der Waals surface area contributed by atoms with E-state index in [-0.39, 0.29) is 18.4 Å². The number of thiocarbonyl (C=S) groups is 1. The number of anilines is 3. The number of benzene rings is 3. The van der Waals surface area contributed by atoms with Gasteiger partial charge >= 0.3 is 0 Å². The zero-order chi connectivity index (χ0) is 25.8. The number of ether oxygens (including phenoxy) is 1. The molecule has 1 saturated heterocycles. The molecule has 0 atom stereocenters. The zero-order valence-electron chi connectivity index (χ0n) is 20.6. The Morgan fingerprint density at radius 1 is 1.08 bits per heavy atom. The second-order valence-electron chi connectivity index (χ2n) is 8.66. The number of rotatable bonds is 7. The van der Waals surface area contributed by atoms with E-state index in [2.05, 4.69) is 5.32 Å². The van der Waals surface area contributed by atoms with Crippen LogP contribution in [0.4, 0.5) is 17.1 Å². The van der Waals surface area contributed by atoms with Gasteiger partial charge in [-0.15, -0.1) is 0 Å². The minimum atomic E-state index is -0.241. The Morgan fingerprint density at radius 3 is 2.56 bits per heavy atom. The average Bonchev–Trinajstić information content (AvgIpc) is 3.12. The molecule has 3 aromatic rings. The highest BCUT2D eigenvalue weighted by atomic mass is 32.2. The Bertz CT molecular complexity index is 1350. The summed E-state index contributed by atoms with van der Waals surface area (Å²) in [4.78, 5) is 29.6. The van der Waals surface area contributed by atoms with E-state index >= 15 is 0 Å². The van der Waals surface area contributed by atoms with Crippen LogP contribution in [-0.4, -0.2) is 36.8 Å². The number of nitrogens with one attached hydrogen (secondary N) is 1. The third-order valence-corrected chi connectivity index (χ3v) is 6.91. The van der Waals surface area contributed by atoms with Crippen LogP contribution in [0.3, 0.4) is 0 Å². The van der Waals surface area contributed by atoms with Gasteiger partial charge in [0.15, 0.2) is 10.9 Å². The smallest absolute Gasteiger partial charge is 0.270 e. The fourth-order valence-corrected chi connectivity index (χ4v) is 4.94. The molecule has 1 aliphatic rings. The second-order valence-corrected chi connectivity index (χ2v) is 10.3. The molecule has 3 aromatic carbocycles. The van der Waals surface area contributed by atoms with E-state index in [4.69, 9.17) is 17.0 Å². The third kappa shape index (κ3) is 5.95. The molecule has 4 rings (SSSR count). The van der Waals surface area contributed by atoms with Gasteiger partial charge in [0.25, 0.3) is 11.8 Å². The molecule has 0 aromatic heterocycles. The highest BCUT2D eigenvalue weighted by Crippen LogP contribution is 2.36. The van der Waals surface area contributed by atoms with Crippen LogP contribution in [0.15, 0.2) is 71.6 Å². The summed E-state index contributed by atoms with van der Waals surface area (Å²) in [7, 11) is 3.93. The molecule has 1 heterocycles. The van der Waals surface area contributed by atoms with E-state index in [1.807, 2.05) is 87.4 Å². The number of aryl methyl sites for hydroxylation is 2. The van der Waals surface area contributed by atoms with E-state index in [9.17, 15) is 9.59 Å². The molecule has 0 bridgehead atoms. The molecule has 6 nitrogen and oxygen atoms in total. The fraction of sp³-hybridized carbons (Fsp3) is 0.179. The third-order valence-electron chi connectivity index (χ3n) is 5.61. The van der Waals surface area contributed by atoms with Gasteiger partial charge in [-0.25, -0.2) is 0 Å². The van der Waals surface area contributed by atoms with Crippen molar-refractivity contribution in [3.8, 4) is 5.75 Å². The van der Waals surface area contributed by atoms with Gasteiger partial charge in [0.2, 0.25) is 0 Å². The quantitative estimate of drug-likeness (QED) is 0.316. The summed E-state index contributed by atoms with van der Waals surface area (Å²) in [5.41, 5.74) is 5.39. The lowest BCUT2D eigenvalue weighted by molar-refractivity contribution is -0.118. The summed E-state index contributed by atoms with van der Waals surface area (Å²) in [5, 5.41) is 2.89. The summed E-state index contributed by atoms with van der Waals surface area (Å²) >= 11 is 6.76. The lowest BCUT2D eigenvalue weighted by atomic mass is 10.1. The van der Waals surface area contributed by atoms with Crippen LogP contribution in [0.1, 0.15) is 16.7 Å². The van der Waals surface area contributed by atoms with Crippen molar-refractivity contribution in [3.05, 3.63) is 88.3 Å². The Labute approximate surface area is 220 Å². The van der Waals surface area contributed by atoms with Crippen molar-refractivity contribution in [2.75, 3.05) is 35.8 Å². The van der Waals surface area contributed by atoms with Crippen LogP contribution >= 0.6 is 24.0 Å². The van der Waals surface area contributed by atoms with Gasteiger partial charge in [0.05, 0.1) is 10.6 Å². The van der Waals surface area contributed by atoms with Gasteiger partial charge in [-0.1, -0.05) is 48.2 Å². The maximum absolute atomic E-state index is 13.1. The maximum Gasteiger partial charge on any atom is 0.270 e. The van der Waals surface area contributed by atoms with E-state index in [1.54, 1.807) is 23.1 Å². The topological polar surface area (TPSA) is 61.9 Å². The second kappa shape index (κ2) is 11.0. The molecule has 2 amide bonds. The number of carbonyl (C=O) groups excluding carboxylic acids is 2. The average molecular weight is 518 g/mol. The van der Waals surface area contributed by atoms with Crippen LogP contribution < -0.4 is 19.9 Å². The first-order chi connectivity index (χ1) is 17.2. The summed E-state index contributed by atoms with van der Waals surface area (Å²) in [6.07, 6.45) is 1.79. The van der Waals surface area contributed by atoms with Gasteiger partial charge in [-0.2, -0.15) is 0 Å². The van der Waals surface area contributed by atoms with Gasteiger partial charge < -0.3 is 15.0 Å². The predicted octanol–water partition coefficient (Wildman–Crippen LogP) is 5.79. The SMILES string of the molecule is Cc1ccc(C)c(NC(=O)COc2cccc(/C=C3\SC(=S)N(c4ccc(N(C)C)cc4)C3=O)c2)c1. The van der Waals surface area contributed by atoms with Gasteiger partial charge in [0, 0.05) is 25.5 Å². The van der Waals surface area contributed by atoms with Gasteiger partial charge in [0.1, 0.15) is 5.75 Å². The molecular formula is C28H27N3O3S2. The first kappa shape index (κ1) is 25.5. The Morgan fingerprint density at radius 2 is 1.83 bits per heavy atom. The Balaban J connectivity index is 1.42. The largest absolute Gasteiger partial charge is 0.484 e. The zero-order valence-corrected chi connectivity index (χ0v) is 22.2. The van der Waals surface area contributed by atoms with Crippen molar-refractivity contribution in [1.82, 2.24) is 0 Å². The molecular weight excluding hydrogens is 490 g/mol. The summed E-state index contributed by atoms with van der Waals surface area (Å²) in [5.74, 6) is 0.131. The standard InChI is InChI=1S/C28H27N3O3S2/c1-18-8-9-19(2)24(14-18)29-26(32)17-34-23-7-5-6-20(15-23)16-25-27(33)31(28(35)36-25)22-12-10-21(11-13-22)30(3)4/h5-16H,17H2,1-4H3,(H,29,32)/b25-16-. The normalized spacial score (nSPS) is 14.3. The molecule has 0 spiro atoms. The number of amides is 2. The van der Waals surface area contributed by atoms with Crippen molar-refractivity contribution < 1.29 is 14.3 Å². The number of thioether (sulfide) groups is 1. The predicted molar refractivity (Wildman–Crippen MR) is 153 cm³/mol. The van der Waals surface area contributed by atoms with E-state index in [1.165, 1.54) is 11.8 Å². The molecule has 0 aliphatic carbocycles. The number of hydrogen-bond donors (Lipinski definition) is 1. The molecule has 36 heavy (non-hydrogen) atoms. The van der Waals surface area contributed by atoms with E-state index in [0.29, 0.717) is 15.0 Å². The van der Waals surface area contributed by atoms with Crippen LogP contribution in [0.5, 0.6) is 5.75 Å². The minimum Gasteiger partial charge on any atom is -0.484 e. The van der Waals surface area contributed by atoms with Crippen molar-refractivity contribution in [2.45, 2.75) is 13.8 Å². The molecule has 1 aliphatic heterocycles. The molecule has 1 fully saturated rings. The highest BCUT2D eigenvalue weighted by molar-refractivity contribution is 8.27. The minimum absolute atomic E-state index is 0.123. The van der Waals surface area contributed by atoms with Crippen LogP contribution in [-0.2, 0) is 9.59 Å².